The van der Waals surface area contributed by atoms with Crippen LogP contribution in [0.1, 0.15) is 38.0 Å². The van der Waals surface area contributed by atoms with Crippen molar-refractivity contribution in [1.29, 1.82) is 0 Å². The Balaban J connectivity index is 2.22. The van der Waals surface area contributed by atoms with Crippen LogP contribution >= 0.6 is 11.6 Å². The fourth-order valence-corrected chi connectivity index (χ4v) is 2.83. The second-order valence-electron chi connectivity index (χ2n) is 5.30. The van der Waals surface area contributed by atoms with Crippen LogP contribution in [0.4, 0.5) is 5.82 Å². The molecular weight excluding hydrogens is 348 g/mol. The molecule has 0 saturated carbocycles. The number of hydrogen-bond acceptors (Lipinski definition) is 5. The number of carbonyl (C=O) groups is 3. The molecule has 25 heavy (non-hydrogen) atoms. The first-order valence-corrected chi connectivity index (χ1v) is 7.72. The van der Waals surface area contributed by atoms with E-state index < -0.39 is 23.3 Å². The fraction of sp³-hybridized carbons (Fsp3) is 0.125. The summed E-state index contributed by atoms with van der Waals surface area (Å²) in [4.78, 5) is 48.1. The Bertz CT molecular complexity index is 996. The lowest BCUT2D eigenvalue weighted by atomic mass is 10.1. The van der Waals surface area contributed by atoms with Crippen molar-refractivity contribution in [3.8, 4) is 5.69 Å². The second kappa shape index (κ2) is 6.06. The minimum absolute atomic E-state index is 0.0679. The number of rotatable bonds is 3. The molecule has 1 aromatic heterocycles. The van der Waals surface area contributed by atoms with Gasteiger partial charge in [0.2, 0.25) is 0 Å². The number of pyridine rings is 1. The first-order valence-electron chi connectivity index (χ1n) is 7.34. The molecule has 3 rings (SSSR count). The molecule has 0 unspecified atom stereocenters. The van der Waals surface area contributed by atoms with E-state index in [1.54, 1.807) is 6.92 Å². The summed E-state index contributed by atoms with van der Waals surface area (Å²) in [5, 5.41) is 4.91. The van der Waals surface area contributed by atoms with E-state index >= 15 is 0 Å². The van der Waals surface area contributed by atoms with Gasteiger partial charge in [0.25, 0.3) is 23.3 Å². The standard InChI is InChI=1S/C16H13ClN4O4/c1-2-19-14(23)8-5-7(3-4-10(8)17)21-11(22)6-9-12(13(21)18)16(25)20-15(9)24/h3-6H,2,18H2,1H3,(H,19,23)(H,20,24,25). The summed E-state index contributed by atoms with van der Waals surface area (Å²) in [6.07, 6.45) is 0. The zero-order chi connectivity index (χ0) is 18.3. The number of halogens is 1. The number of aromatic nitrogens is 1. The van der Waals surface area contributed by atoms with Crippen LogP contribution in [0, 0.1) is 0 Å². The zero-order valence-electron chi connectivity index (χ0n) is 13.1. The molecule has 1 aliphatic heterocycles. The Labute approximate surface area is 146 Å². The number of carbonyl (C=O) groups excluding carboxylic acids is 3. The molecule has 0 bridgehead atoms. The number of fused-ring (bicyclic) bond motifs is 1. The van der Waals surface area contributed by atoms with Gasteiger partial charge in [0, 0.05) is 12.6 Å². The van der Waals surface area contributed by atoms with Crippen LogP contribution in [0.25, 0.3) is 5.69 Å². The predicted octanol–water partition coefficient (Wildman–Crippen LogP) is 0.706. The third kappa shape index (κ3) is 2.66. The van der Waals surface area contributed by atoms with E-state index in [1.165, 1.54) is 18.2 Å². The van der Waals surface area contributed by atoms with Gasteiger partial charge in [0.1, 0.15) is 5.82 Å². The van der Waals surface area contributed by atoms with Crippen LogP contribution in [0.15, 0.2) is 29.1 Å². The minimum Gasteiger partial charge on any atom is -0.384 e. The van der Waals surface area contributed by atoms with Crippen LogP contribution in [0.5, 0.6) is 0 Å². The van der Waals surface area contributed by atoms with Crippen LogP contribution in [0.3, 0.4) is 0 Å². The number of nitrogens with zero attached hydrogens (tertiary/aromatic N) is 1. The van der Waals surface area contributed by atoms with Gasteiger partial charge in [-0.3, -0.25) is 29.1 Å². The largest absolute Gasteiger partial charge is 0.384 e. The summed E-state index contributed by atoms with van der Waals surface area (Å²) in [5.41, 5.74) is 5.63. The molecular formula is C16H13ClN4O4. The number of amides is 3. The van der Waals surface area contributed by atoms with E-state index in [0.717, 1.165) is 10.6 Å². The average Bonchev–Trinajstić information content (AvgIpc) is 2.83. The first-order chi connectivity index (χ1) is 11.8. The minimum atomic E-state index is -0.677. The van der Waals surface area contributed by atoms with Crippen LogP contribution in [-0.4, -0.2) is 28.8 Å². The zero-order valence-corrected chi connectivity index (χ0v) is 13.8. The maximum Gasteiger partial charge on any atom is 0.262 e. The van der Waals surface area contributed by atoms with Crippen LogP contribution < -0.4 is 21.9 Å². The number of hydrogen-bond donors (Lipinski definition) is 3. The summed E-state index contributed by atoms with van der Waals surface area (Å²) in [6, 6.07) is 5.37. The quantitative estimate of drug-likeness (QED) is 0.695. The molecule has 0 atom stereocenters. The number of nitrogen functional groups attached to an aromatic ring is 1. The highest BCUT2D eigenvalue weighted by molar-refractivity contribution is 6.34. The smallest absolute Gasteiger partial charge is 0.262 e. The lowest BCUT2D eigenvalue weighted by Gasteiger charge is -2.13. The SMILES string of the molecule is CCNC(=O)c1cc(-n2c(N)c3c(cc2=O)C(=O)NC3=O)ccc1Cl. The van der Waals surface area contributed by atoms with Crippen LogP contribution in [0.2, 0.25) is 5.02 Å². The fourth-order valence-electron chi connectivity index (χ4n) is 2.63. The van der Waals surface area contributed by atoms with Crippen molar-refractivity contribution in [2.24, 2.45) is 0 Å². The first kappa shape index (κ1) is 16.7. The van der Waals surface area contributed by atoms with Crippen molar-refractivity contribution in [2.75, 3.05) is 12.3 Å². The summed E-state index contributed by atoms with van der Waals surface area (Å²) in [5.74, 6) is -1.94. The van der Waals surface area contributed by atoms with E-state index in [1.807, 2.05) is 0 Å². The molecule has 128 valence electrons. The lowest BCUT2D eigenvalue weighted by molar-refractivity contribution is 0.0878. The molecule has 0 saturated heterocycles. The second-order valence-corrected chi connectivity index (χ2v) is 5.71. The van der Waals surface area contributed by atoms with E-state index in [0.29, 0.717) is 6.54 Å². The van der Waals surface area contributed by atoms with Crippen molar-refractivity contribution >= 4 is 35.1 Å². The number of anilines is 1. The molecule has 3 amide bonds. The van der Waals surface area contributed by atoms with Gasteiger partial charge in [-0.25, -0.2) is 0 Å². The third-order valence-corrected chi connectivity index (χ3v) is 4.07. The van der Waals surface area contributed by atoms with Crippen molar-refractivity contribution < 1.29 is 14.4 Å². The normalized spacial score (nSPS) is 12.7. The van der Waals surface area contributed by atoms with Gasteiger partial charge < -0.3 is 11.1 Å². The number of nitrogens with two attached hydrogens (primary N) is 1. The van der Waals surface area contributed by atoms with Crippen LogP contribution in [-0.2, 0) is 0 Å². The highest BCUT2D eigenvalue weighted by atomic mass is 35.5. The maximum absolute atomic E-state index is 12.4. The molecule has 0 spiro atoms. The Morgan fingerprint density at radius 2 is 1.96 bits per heavy atom. The van der Waals surface area contributed by atoms with E-state index in [9.17, 15) is 19.2 Å². The molecule has 4 N–H and O–H groups in total. The molecule has 2 aromatic rings. The highest BCUT2D eigenvalue weighted by Gasteiger charge is 2.32. The van der Waals surface area contributed by atoms with Gasteiger partial charge in [-0.2, -0.15) is 0 Å². The lowest BCUT2D eigenvalue weighted by Crippen LogP contribution is -2.26. The molecule has 1 aliphatic rings. The van der Waals surface area contributed by atoms with Gasteiger partial charge in [0.15, 0.2) is 0 Å². The van der Waals surface area contributed by atoms with E-state index in [-0.39, 0.29) is 33.2 Å². The number of imide groups is 1. The van der Waals surface area contributed by atoms with E-state index in [2.05, 4.69) is 10.6 Å². The van der Waals surface area contributed by atoms with Gasteiger partial charge in [-0.05, 0) is 25.1 Å². The van der Waals surface area contributed by atoms with Crippen molar-refractivity contribution in [1.82, 2.24) is 15.2 Å². The Morgan fingerprint density at radius 1 is 1.24 bits per heavy atom. The van der Waals surface area contributed by atoms with Gasteiger partial charge >= 0.3 is 0 Å². The van der Waals surface area contributed by atoms with Crippen molar-refractivity contribution in [3.63, 3.8) is 0 Å². The molecule has 1 aromatic carbocycles. The molecule has 2 heterocycles. The van der Waals surface area contributed by atoms with Gasteiger partial charge in [-0.15, -0.1) is 0 Å². The van der Waals surface area contributed by atoms with Gasteiger partial charge in [0.05, 0.1) is 27.4 Å². The summed E-state index contributed by atoms with van der Waals surface area (Å²) < 4.78 is 1.05. The van der Waals surface area contributed by atoms with Crippen molar-refractivity contribution in [3.05, 3.63) is 56.3 Å². The monoisotopic (exact) mass is 360 g/mol. The summed E-state index contributed by atoms with van der Waals surface area (Å²) in [7, 11) is 0. The Morgan fingerprint density at radius 3 is 2.64 bits per heavy atom. The van der Waals surface area contributed by atoms with E-state index in [4.69, 9.17) is 17.3 Å². The number of nitrogens with one attached hydrogen (secondary N) is 2. The molecule has 0 radical (unpaired) electrons. The molecule has 0 fully saturated rings. The molecule has 0 aliphatic carbocycles. The topological polar surface area (TPSA) is 123 Å². The number of benzene rings is 1. The molecule has 9 heteroatoms. The predicted molar refractivity (Wildman–Crippen MR) is 91.3 cm³/mol. The third-order valence-electron chi connectivity index (χ3n) is 3.74. The van der Waals surface area contributed by atoms with Gasteiger partial charge in [-0.1, -0.05) is 11.6 Å². The molecule has 8 nitrogen and oxygen atoms in total. The highest BCUT2D eigenvalue weighted by Crippen LogP contribution is 2.25. The summed E-state index contributed by atoms with van der Waals surface area (Å²) >= 11 is 6.04. The Kier molecular flexibility index (Phi) is 4.05. The van der Waals surface area contributed by atoms with Crippen molar-refractivity contribution in [2.45, 2.75) is 6.92 Å². The average molecular weight is 361 g/mol. The summed E-state index contributed by atoms with van der Waals surface area (Å²) in [6.45, 7) is 2.16. The maximum atomic E-state index is 12.4. The Hall–Kier alpha value is -3.13.